The van der Waals surface area contributed by atoms with Crippen LogP contribution in [0.25, 0.3) is 10.8 Å². The van der Waals surface area contributed by atoms with E-state index in [1.54, 1.807) is 43.3 Å². The second kappa shape index (κ2) is 8.94. The van der Waals surface area contributed by atoms with Crippen molar-refractivity contribution in [2.24, 2.45) is 7.05 Å². The minimum Gasteiger partial charge on any atom is -0.383 e. The molecule has 1 aromatic carbocycles. The number of carbonyl (C=O) groups is 2. The number of ether oxygens (including phenoxy) is 1. The maximum Gasteiger partial charge on any atom is 0.275 e. The monoisotopic (exact) mass is 388 g/mol. The Morgan fingerprint density at radius 1 is 1.21 bits per heavy atom. The van der Waals surface area contributed by atoms with Crippen LogP contribution in [0.2, 0.25) is 0 Å². The molecule has 9 nitrogen and oxygen atoms in total. The number of hydrogen-bond acceptors (Lipinski definition) is 5. The molecule has 2 aromatic rings. The van der Waals surface area contributed by atoms with Crippen molar-refractivity contribution in [3.63, 3.8) is 0 Å². The number of nitrogens with one attached hydrogen (secondary N) is 2. The van der Waals surface area contributed by atoms with Crippen LogP contribution < -0.4 is 15.8 Å². The van der Waals surface area contributed by atoms with Gasteiger partial charge in [0, 0.05) is 26.1 Å². The Kier molecular flexibility index (Phi) is 6.37. The van der Waals surface area contributed by atoms with Crippen molar-refractivity contribution in [1.82, 2.24) is 20.0 Å². The number of methoxy groups -OCH3 is 1. The van der Waals surface area contributed by atoms with Crippen LogP contribution in [0.3, 0.4) is 0 Å². The van der Waals surface area contributed by atoms with Crippen LogP contribution >= 0.6 is 0 Å². The summed E-state index contributed by atoms with van der Waals surface area (Å²) in [5.74, 6) is -0.201. The van der Waals surface area contributed by atoms with Gasteiger partial charge in [-0.1, -0.05) is 18.2 Å². The third-order valence-corrected chi connectivity index (χ3v) is 4.96. The van der Waals surface area contributed by atoms with Gasteiger partial charge in [-0.15, -0.1) is 0 Å². The minimum atomic E-state index is -0.221. The first-order valence-electron chi connectivity index (χ1n) is 9.35. The van der Waals surface area contributed by atoms with E-state index in [9.17, 15) is 14.4 Å². The molecule has 0 radical (unpaired) electrons. The second-order valence-electron chi connectivity index (χ2n) is 6.88. The molecule has 150 valence electrons. The Hall–Kier alpha value is -2.78. The van der Waals surface area contributed by atoms with E-state index in [1.807, 2.05) is 0 Å². The lowest BCUT2D eigenvalue weighted by molar-refractivity contribution is -0.896. The molecule has 2 heterocycles. The summed E-state index contributed by atoms with van der Waals surface area (Å²) in [6.07, 6.45) is 0. The van der Waals surface area contributed by atoms with Crippen molar-refractivity contribution >= 4 is 22.6 Å². The van der Waals surface area contributed by atoms with Gasteiger partial charge in [0.2, 0.25) is 0 Å². The van der Waals surface area contributed by atoms with E-state index >= 15 is 0 Å². The van der Waals surface area contributed by atoms with E-state index in [-0.39, 0.29) is 17.4 Å². The zero-order chi connectivity index (χ0) is 20.1. The molecular formula is C19H26N5O4+. The molecule has 1 aliphatic heterocycles. The van der Waals surface area contributed by atoms with Crippen LogP contribution in [-0.4, -0.2) is 79.5 Å². The Morgan fingerprint density at radius 3 is 2.57 bits per heavy atom. The van der Waals surface area contributed by atoms with Crippen molar-refractivity contribution in [3.8, 4) is 0 Å². The number of aromatic nitrogens is 2. The summed E-state index contributed by atoms with van der Waals surface area (Å²) in [6.45, 7) is 3.83. The number of nitrogens with zero attached hydrogens (tertiary/aromatic N) is 3. The highest BCUT2D eigenvalue weighted by atomic mass is 16.5. The molecular weight excluding hydrogens is 362 g/mol. The predicted octanol–water partition coefficient (Wildman–Crippen LogP) is -1.96. The van der Waals surface area contributed by atoms with Crippen molar-refractivity contribution in [1.29, 1.82) is 0 Å². The normalized spacial score (nSPS) is 15.0. The van der Waals surface area contributed by atoms with Crippen LogP contribution in [0.4, 0.5) is 0 Å². The van der Waals surface area contributed by atoms with Crippen molar-refractivity contribution in [2.45, 2.75) is 0 Å². The number of benzene rings is 1. The fourth-order valence-electron chi connectivity index (χ4n) is 3.39. The lowest BCUT2D eigenvalue weighted by atomic mass is 10.1. The van der Waals surface area contributed by atoms with E-state index < -0.39 is 0 Å². The Morgan fingerprint density at radius 2 is 1.89 bits per heavy atom. The molecule has 0 aliphatic carbocycles. The van der Waals surface area contributed by atoms with Crippen LogP contribution in [0.15, 0.2) is 29.1 Å². The number of carbonyl (C=O) groups excluding carboxylic acids is 2. The molecule has 0 saturated carbocycles. The maximum absolute atomic E-state index is 13.0. The third-order valence-electron chi connectivity index (χ3n) is 4.96. The summed E-state index contributed by atoms with van der Waals surface area (Å²) in [6, 6.07) is 7.03. The molecule has 0 atom stereocenters. The minimum absolute atomic E-state index is 0.0162. The van der Waals surface area contributed by atoms with E-state index in [0.717, 1.165) is 4.90 Å². The first kappa shape index (κ1) is 20.0. The summed E-state index contributed by atoms with van der Waals surface area (Å²) in [5.41, 5.74) is 0.0688. The van der Waals surface area contributed by atoms with Gasteiger partial charge in [0.25, 0.3) is 17.4 Å². The molecule has 2 N–H and O–H groups in total. The zero-order valence-electron chi connectivity index (χ0n) is 16.2. The van der Waals surface area contributed by atoms with E-state index in [0.29, 0.717) is 62.3 Å². The zero-order valence-corrected chi connectivity index (χ0v) is 16.2. The highest BCUT2D eigenvalue weighted by Gasteiger charge is 2.28. The number of rotatable bonds is 6. The summed E-state index contributed by atoms with van der Waals surface area (Å²) in [7, 11) is 3.14. The highest BCUT2D eigenvalue weighted by molar-refractivity contribution is 6.04. The Balaban J connectivity index is 1.65. The standard InChI is InChI=1S/C19H25N5O4/c1-22-18(26)15-6-4-3-5-14(15)17(21-22)19(27)24-10-8-23(9-11-24)13-16(25)20-7-12-28-2/h3-6H,7-13H2,1-2H3,(H,20,25)/p+1. The number of piperazine rings is 1. The van der Waals surface area contributed by atoms with Crippen LogP contribution in [0, 0.1) is 0 Å². The average molecular weight is 388 g/mol. The lowest BCUT2D eigenvalue weighted by Gasteiger charge is -2.31. The van der Waals surface area contributed by atoms with Crippen molar-refractivity contribution in [3.05, 3.63) is 40.3 Å². The number of hydrogen-bond donors (Lipinski definition) is 2. The smallest absolute Gasteiger partial charge is 0.275 e. The topological polar surface area (TPSA) is 98.0 Å². The van der Waals surface area contributed by atoms with Crippen molar-refractivity contribution < 1.29 is 19.2 Å². The Bertz CT molecular complexity index is 918. The molecule has 1 aliphatic rings. The van der Waals surface area contributed by atoms with Gasteiger partial charge in [-0.25, -0.2) is 4.68 Å². The summed E-state index contributed by atoms with van der Waals surface area (Å²) in [5, 5.41) is 8.09. The van der Waals surface area contributed by atoms with Crippen molar-refractivity contribution in [2.75, 3.05) is 53.0 Å². The molecule has 1 aromatic heterocycles. The van der Waals surface area contributed by atoms with Gasteiger partial charge in [-0.05, 0) is 6.07 Å². The summed E-state index contributed by atoms with van der Waals surface area (Å²) < 4.78 is 6.13. The summed E-state index contributed by atoms with van der Waals surface area (Å²) >= 11 is 0. The first-order valence-corrected chi connectivity index (χ1v) is 9.35. The molecule has 2 amide bonds. The van der Waals surface area contributed by atoms with E-state index in [2.05, 4.69) is 10.4 Å². The lowest BCUT2D eigenvalue weighted by Crippen LogP contribution is -3.15. The van der Waals surface area contributed by atoms with Crippen LogP contribution in [0.1, 0.15) is 10.5 Å². The average Bonchev–Trinajstić information content (AvgIpc) is 2.71. The molecule has 9 heteroatoms. The number of aryl methyl sites for hydroxylation is 1. The van der Waals surface area contributed by atoms with Gasteiger partial charge in [-0.3, -0.25) is 14.4 Å². The highest BCUT2D eigenvalue weighted by Crippen LogP contribution is 2.15. The fraction of sp³-hybridized carbons (Fsp3) is 0.474. The second-order valence-corrected chi connectivity index (χ2v) is 6.88. The fourth-order valence-corrected chi connectivity index (χ4v) is 3.39. The molecule has 0 unspecified atom stereocenters. The number of fused-ring (bicyclic) bond motifs is 1. The number of quaternary nitrogens is 1. The van der Waals surface area contributed by atoms with Gasteiger partial charge in [0.05, 0.1) is 38.2 Å². The molecule has 1 fully saturated rings. The largest absolute Gasteiger partial charge is 0.383 e. The molecule has 1 saturated heterocycles. The Labute approximate surface area is 162 Å². The molecule has 3 rings (SSSR count). The molecule has 0 bridgehead atoms. The van der Waals surface area contributed by atoms with E-state index in [4.69, 9.17) is 4.74 Å². The molecule has 0 spiro atoms. The van der Waals surface area contributed by atoms with Crippen LogP contribution in [-0.2, 0) is 16.6 Å². The maximum atomic E-state index is 13.0. The predicted molar refractivity (Wildman–Crippen MR) is 103 cm³/mol. The molecule has 28 heavy (non-hydrogen) atoms. The quantitative estimate of drug-likeness (QED) is 0.560. The SMILES string of the molecule is COCCNC(=O)C[NH+]1CCN(C(=O)c2nn(C)c(=O)c3ccccc23)CC1. The number of amides is 2. The van der Waals surface area contributed by atoms with Gasteiger partial charge < -0.3 is 19.9 Å². The first-order chi connectivity index (χ1) is 13.5. The van der Waals surface area contributed by atoms with E-state index in [1.165, 1.54) is 4.68 Å². The summed E-state index contributed by atoms with van der Waals surface area (Å²) in [4.78, 5) is 40.1. The van der Waals surface area contributed by atoms with Gasteiger partial charge in [-0.2, -0.15) is 5.10 Å². The van der Waals surface area contributed by atoms with Crippen LogP contribution in [0.5, 0.6) is 0 Å². The third kappa shape index (κ3) is 4.37. The van der Waals surface area contributed by atoms with Gasteiger partial charge in [0.1, 0.15) is 0 Å². The van der Waals surface area contributed by atoms with Gasteiger partial charge >= 0.3 is 0 Å². The van der Waals surface area contributed by atoms with Gasteiger partial charge in [0.15, 0.2) is 12.2 Å².